The number of benzene rings is 2. The van der Waals surface area contributed by atoms with Crippen molar-refractivity contribution in [3.63, 3.8) is 0 Å². The number of amides is 2. The number of carbonyl (C=O) groups is 2. The van der Waals surface area contributed by atoms with Crippen LogP contribution in [0.5, 0.6) is 0 Å². The van der Waals surface area contributed by atoms with Gasteiger partial charge in [0.2, 0.25) is 0 Å². The maximum Gasteiger partial charge on any atom is 0.256 e. The second-order valence-corrected chi connectivity index (χ2v) is 10.0. The predicted molar refractivity (Wildman–Crippen MR) is 156 cm³/mol. The van der Waals surface area contributed by atoms with E-state index in [-0.39, 0.29) is 11.8 Å². The minimum absolute atomic E-state index is 0.187. The first kappa shape index (κ1) is 26.0. The van der Waals surface area contributed by atoms with Crippen LogP contribution >= 0.6 is 0 Å². The SMILES string of the molecule is Cc1cc(C)c2nc(-c3cccnc3)cc(C(=O)Nc3ccc(C(=O)NCC4=CCCC(C)C=N4)cc3)c2c1. The van der Waals surface area contributed by atoms with E-state index in [0.29, 0.717) is 35.0 Å². The van der Waals surface area contributed by atoms with Crippen LogP contribution in [-0.4, -0.2) is 34.5 Å². The van der Waals surface area contributed by atoms with E-state index in [1.165, 1.54) is 0 Å². The second kappa shape index (κ2) is 11.4. The predicted octanol–water partition coefficient (Wildman–Crippen LogP) is 6.28. The Kier molecular flexibility index (Phi) is 7.59. The molecule has 0 saturated carbocycles. The normalized spacial score (nSPS) is 14.9. The van der Waals surface area contributed by atoms with Crippen molar-refractivity contribution in [2.24, 2.45) is 10.9 Å². The molecule has 2 N–H and O–H groups in total. The zero-order valence-electron chi connectivity index (χ0n) is 22.4. The van der Waals surface area contributed by atoms with Crippen molar-refractivity contribution in [2.45, 2.75) is 33.6 Å². The molecular weight excluding hydrogens is 486 g/mol. The highest BCUT2D eigenvalue weighted by Gasteiger charge is 2.17. The first-order valence-electron chi connectivity index (χ1n) is 13.1. The molecule has 196 valence electrons. The van der Waals surface area contributed by atoms with Crippen molar-refractivity contribution in [3.05, 3.63) is 101 Å². The van der Waals surface area contributed by atoms with Crippen LogP contribution in [0.2, 0.25) is 0 Å². The summed E-state index contributed by atoms with van der Waals surface area (Å²) in [6.45, 7) is 6.53. The van der Waals surface area contributed by atoms with Gasteiger partial charge in [-0.3, -0.25) is 19.6 Å². The molecule has 0 radical (unpaired) electrons. The molecule has 1 unspecified atom stereocenters. The third-order valence-corrected chi connectivity index (χ3v) is 6.78. The zero-order chi connectivity index (χ0) is 27.4. The smallest absolute Gasteiger partial charge is 0.256 e. The van der Waals surface area contributed by atoms with Crippen LogP contribution in [0.4, 0.5) is 5.69 Å². The van der Waals surface area contributed by atoms with Gasteiger partial charge in [0, 0.05) is 40.8 Å². The van der Waals surface area contributed by atoms with Gasteiger partial charge >= 0.3 is 0 Å². The number of allylic oxidation sites excluding steroid dienone is 1. The molecule has 2 aromatic carbocycles. The van der Waals surface area contributed by atoms with E-state index in [1.807, 2.05) is 38.3 Å². The number of aromatic nitrogens is 2. The van der Waals surface area contributed by atoms with Crippen LogP contribution in [0.25, 0.3) is 22.2 Å². The maximum atomic E-state index is 13.5. The van der Waals surface area contributed by atoms with E-state index >= 15 is 0 Å². The molecule has 0 bridgehead atoms. The van der Waals surface area contributed by atoms with Crippen molar-refractivity contribution in [2.75, 3.05) is 11.9 Å². The van der Waals surface area contributed by atoms with Crippen LogP contribution in [0, 0.1) is 19.8 Å². The van der Waals surface area contributed by atoms with Crippen molar-refractivity contribution in [3.8, 4) is 11.3 Å². The lowest BCUT2D eigenvalue weighted by Gasteiger charge is -2.13. The number of nitrogens with zero attached hydrogens (tertiary/aromatic N) is 3. The van der Waals surface area contributed by atoms with Gasteiger partial charge in [0.25, 0.3) is 11.8 Å². The van der Waals surface area contributed by atoms with E-state index in [0.717, 1.165) is 46.1 Å². The number of fused-ring (bicyclic) bond motifs is 1. The number of hydrogen-bond donors (Lipinski definition) is 2. The summed E-state index contributed by atoms with van der Waals surface area (Å²) in [5, 5.41) is 6.71. The van der Waals surface area contributed by atoms with Crippen LogP contribution in [0.1, 0.15) is 51.6 Å². The molecule has 0 saturated heterocycles. The molecule has 2 aromatic heterocycles. The number of rotatable bonds is 6. The summed E-state index contributed by atoms with van der Waals surface area (Å²) in [4.78, 5) is 39.7. The molecule has 1 atom stereocenters. The van der Waals surface area contributed by atoms with Crippen molar-refractivity contribution in [1.29, 1.82) is 0 Å². The van der Waals surface area contributed by atoms with E-state index in [1.54, 1.807) is 42.7 Å². The minimum atomic E-state index is -0.248. The van der Waals surface area contributed by atoms with E-state index < -0.39 is 0 Å². The summed E-state index contributed by atoms with van der Waals surface area (Å²) >= 11 is 0. The molecule has 39 heavy (non-hydrogen) atoms. The first-order valence-corrected chi connectivity index (χ1v) is 13.1. The molecule has 7 nitrogen and oxygen atoms in total. The molecular formula is C32H31N5O2. The number of anilines is 1. The molecule has 0 fully saturated rings. The Morgan fingerprint density at radius 3 is 2.62 bits per heavy atom. The Labute approximate surface area is 228 Å². The van der Waals surface area contributed by atoms with Gasteiger partial charge in [-0.1, -0.05) is 24.6 Å². The van der Waals surface area contributed by atoms with E-state index in [4.69, 9.17) is 4.98 Å². The zero-order valence-corrected chi connectivity index (χ0v) is 22.4. The Hall–Kier alpha value is -4.65. The highest BCUT2D eigenvalue weighted by molar-refractivity contribution is 6.13. The maximum absolute atomic E-state index is 13.5. The number of aliphatic imine (C=N–C) groups is 1. The van der Waals surface area contributed by atoms with Crippen molar-refractivity contribution in [1.82, 2.24) is 15.3 Å². The standard InChI is InChI=1S/C32H31N5O2/c1-20-6-4-8-26(34-17-20)19-35-31(38)23-9-11-25(12-10-23)36-32(39)28-16-29(24-7-5-13-33-18-24)37-30-22(3)14-21(2)15-27(28)30/h5,7-18,20H,4,6,19H2,1-3H3,(H,35,38)(H,36,39). The van der Waals surface area contributed by atoms with E-state index in [2.05, 4.69) is 39.7 Å². The summed E-state index contributed by atoms with van der Waals surface area (Å²) in [6, 6.07) is 16.5. The fraction of sp³-hybridized carbons (Fsp3) is 0.219. The molecule has 0 spiro atoms. The van der Waals surface area contributed by atoms with Crippen LogP contribution < -0.4 is 10.6 Å². The number of aryl methyl sites for hydroxylation is 2. The van der Waals surface area contributed by atoms with Gasteiger partial charge in [0.05, 0.1) is 29.0 Å². The van der Waals surface area contributed by atoms with E-state index in [9.17, 15) is 9.59 Å². The van der Waals surface area contributed by atoms with Gasteiger partial charge < -0.3 is 10.6 Å². The molecule has 4 aromatic rings. The Balaban J connectivity index is 1.35. The van der Waals surface area contributed by atoms with Gasteiger partial charge in [-0.15, -0.1) is 0 Å². The lowest BCUT2D eigenvalue weighted by Crippen LogP contribution is -2.25. The lowest BCUT2D eigenvalue weighted by molar-refractivity contribution is 0.0956. The Bertz CT molecular complexity index is 1590. The number of nitrogens with one attached hydrogen (secondary N) is 2. The average molecular weight is 518 g/mol. The molecule has 5 rings (SSSR count). The van der Waals surface area contributed by atoms with Gasteiger partial charge in [-0.25, -0.2) is 4.98 Å². The molecule has 1 aliphatic rings. The quantitative estimate of drug-likeness (QED) is 0.315. The molecule has 0 aliphatic carbocycles. The molecule has 1 aliphatic heterocycles. The van der Waals surface area contributed by atoms with Crippen LogP contribution in [0.3, 0.4) is 0 Å². The van der Waals surface area contributed by atoms with Crippen LogP contribution in [0.15, 0.2) is 83.8 Å². The topological polar surface area (TPSA) is 96.3 Å². The third kappa shape index (κ3) is 6.09. The highest BCUT2D eigenvalue weighted by atomic mass is 16.2. The van der Waals surface area contributed by atoms with Gasteiger partial charge in [0.15, 0.2) is 0 Å². The summed E-state index contributed by atoms with van der Waals surface area (Å²) in [5.74, 6) is 0.00733. The van der Waals surface area contributed by atoms with Crippen LogP contribution in [-0.2, 0) is 0 Å². The third-order valence-electron chi connectivity index (χ3n) is 6.78. The highest BCUT2D eigenvalue weighted by Crippen LogP contribution is 2.28. The van der Waals surface area contributed by atoms with Crippen molar-refractivity contribution < 1.29 is 9.59 Å². The average Bonchev–Trinajstić information content (AvgIpc) is 3.15. The number of hydrogen-bond acceptors (Lipinski definition) is 5. The summed E-state index contributed by atoms with van der Waals surface area (Å²) in [6.07, 6.45) is 9.48. The van der Waals surface area contributed by atoms with Crippen molar-refractivity contribution >= 4 is 34.6 Å². The fourth-order valence-electron chi connectivity index (χ4n) is 4.69. The number of carbonyl (C=O) groups excluding carboxylic acids is 2. The second-order valence-electron chi connectivity index (χ2n) is 10.0. The molecule has 7 heteroatoms. The summed E-state index contributed by atoms with van der Waals surface area (Å²) in [5.41, 5.74) is 6.86. The first-order chi connectivity index (χ1) is 18.9. The monoisotopic (exact) mass is 517 g/mol. The minimum Gasteiger partial charge on any atom is -0.346 e. The molecule has 2 amide bonds. The fourth-order valence-corrected chi connectivity index (χ4v) is 4.69. The summed E-state index contributed by atoms with van der Waals surface area (Å²) < 4.78 is 0. The Morgan fingerprint density at radius 1 is 1.03 bits per heavy atom. The number of pyridine rings is 2. The van der Waals surface area contributed by atoms with Gasteiger partial charge in [-0.2, -0.15) is 0 Å². The van der Waals surface area contributed by atoms with Gasteiger partial charge in [0.1, 0.15) is 0 Å². The molecule has 3 heterocycles. The van der Waals surface area contributed by atoms with Gasteiger partial charge in [-0.05, 0) is 86.7 Å². The summed E-state index contributed by atoms with van der Waals surface area (Å²) in [7, 11) is 0. The lowest BCUT2D eigenvalue weighted by atomic mass is 9.99. The largest absolute Gasteiger partial charge is 0.346 e. The Morgan fingerprint density at radius 2 is 1.85 bits per heavy atom.